The Morgan fingerprint density at radius 3 is 2.79 bits per heavy atom. The SMILES string of the molecule is O=C(C1=Cc2ccccc2OC1)N1CCC(O)CC1. The van der Waals surface area contributed by atoms with E-state index in [1.54, 1.807) is 4.90 Å². The summed E-state index contributed by atoms with van der Waals surface area (Å²) >= 11 is 0. The highest BCUT2D eigenvalue weighted by molar-refractivity contribution is 5.99. The molecule has 1 fully saturated rings. The van der Waals surface area contributed by atoms with Crippen LogP contribution < -0.4 is 4.74 Å². The summed E-state index contributed by atoms with van der Waals surface area (Å²) in [6.45, 7) is 1.58. The largest absolute Gasteiger partial charge is 0.488 e. The van der Waals surface area contributed by atoms with Gasteiger partial charge in [0, 0.05) is 18.7 Å². The zero-order chi connectivity index (χ0) is 13.2. The van der Waals surface area contributed by atoms with Gasteiger partial charge >= 0.3 is 0 Å². The van der Waals surface area contributed by atoms with Gasteiger partial charge < -0.3 is 14.7 Å². The number of para-hydroxylation sites is 1. The number of rotatable bonds is 1. The van der Waals surface area contributed by atoms with E-state index in [1.165, 1.54) is 0 Å². The highest BCUT2D eigenvalue weighted by Crippen LogP contribution is 2.26. The molecule has 3 rings (SSSR count). The van der Waals surface area contributed by atoms with E-state index in [2.05, 4.69) is 0 Å². The number of amides is 1. The van der Waals surface area contributed by atoms with Gasteiger partial charge in [0.1, 0.15) is 12.4 Å². The molecule has 100 valence electrons. The number of hydrogen-bond acceptors (Lipinski definition) is 3. The third kappa shape index (κ3) is 2.49. The normalized spacial score (nSPS) is 19.4. The van der Waals surface area contributed by atoms with E-state index in [0.717, 1.165) is 11.3 Å². The summed E-state index contributed by atoms with van der Waals surface area (Å²) in [5, 5.41) is 9.47. The zero-order valence-corrected chi connectivity index (χ0v) is 10.7. The van der Waals surface area contributed by atoms with E-state index in [4.69, 9.17) is 4.74 Å². The Morgan fingerprint density at radius 2 is 2.00 bits per heavy atom. The molecule has 0 saturated carbocycles. The smallest absolute Gasteiger partial charge is 0.253 e. The molecule has 2 aliphatic rings. The fourth-order valence-corrected chi connectivity index (χ4v) is 2.51. The summed E-state index contributed by atoms with van der Waals surface area (Å²) < 4.78 is 5.60. The van der Waals surface area contributed by atoms with Gasteiger partial charge in [0.2, 0.25) is 0 Å². The first kappa shape index (κ1) is 12.2. The van der Waals surface area contributed by atoms with Crippen molar-refractivity contribution in [1.82, 2.24) is 4.90 Å². The Kier molecular flexibility index (Phi) is 3.25. The minimum atomic E-state index is -0.263. The van der Waals surface area contributed by atoms with Crippen molar-refractivity contribution < 1.29 is 14.6 Å². The Bertz CT molecular complexity index is 516. The van der Waals surface area contributed by atoms with Gasteiger partial charge in [-0.2, -0.15) is 0 Å². The number of aliphatic hydroxyl groups excluding tert-OH is 1. The number of hydrogen-bond donors (Lipinski definition) is 1. The van der Waals surface area contributed by atoms with Gasteiger partial charge in [-0.15, -0.1) is 0 Å². The standard InChI is InChI=1S/C15H17NO3/c17-13-5-7-16(8-6-13)15(18)12-9-11-3-1-2-4-14(11)19-10-12/h1-4,9,13,17H,5-8,10H2. The fourth-order valence-electron chi connectivity index (χ4n) is 2.51. The second kappa shape index (κ2) is 5.05. The minimum absolute atomic E-state index is 0.0291. The van der Waals surface area contributed by atoms with Crippen LogP contribution in [0.2, 0.25) is 0 Å². The van der Waals surface area contributed by atoms with Crippen molar-refractivity contribution in [3.05, 3.63) is 35.4 Å². The number of likely N-dealkylation sites (tertiary alicyclic amines) is 1. The van der Waals surface area contributed by atoms with Gasteiger partial charge in [0.25, 0.3) is 5.91 Å². The van der Waals surface area contributed by atoms with Crippen molar-refractivity contribution in [2.24, 2.45) is 0 Å². The molecule has 1 amide bonds. The van der Waals surface area contributed by atoms with Crippen LogP contribution in [0, 0.1) is 0 Å². The van der Waals surface area contributed by atoms with Crippen LogP contribution in [-0.2, 0) is 4.79 Å². The first-order valence-electron chi connectivity index (χ1n) is 6.64. The van der Waals surface area contributed by atoms with Crippen molar-refractivity contribution in [1.29, 1.82) is 0 Å². The number of carbonyl (C=O) groups is 1. The molecule has 1 aromatic rings. The summed E-state index contributed by atoms with van der Waals surface area (Å²) in [5.74, 6) is 0.856. The molecule has 4 nitrogen and oxygen atoms in total. The van der Waals surface area contributed by atoms with E-state index < -0.39 is 0 Å². The molecule has 0 atom stereocenters. The van der Waals surface area contributed by atoms with Gasteiger partial charge in [-0.05, 0) is 25.0 Å². The summed E-state index contributed by atoms with van der Waals surface area (Å²) in [6, 6.07) is 7.71. The molecule has 0 unspecified atom stereocenters. The van der Waals surface area contributed by atoms with Crippen LogP contribution >= 0.6 is 0 Å². The molecule has 4 heteroatoms. The van der Waals surface area contributed by atoms with E-state index in [9.17, 15) is 9.90 Å². The molecule has 2 heterocycles. The maximum Gasteiger partial charge on any atom is 0.253 e. The number of carbonyl (C=O) groups excluding carboxylic acids is 1. The first-order valence-corrected chi connectivity index (χ1v) is 6.64. The van der Waals surface area contributed by atoms with E-state index >= 15 is 0 Å². The fraction of sp³-hybridized carbons (Fsp3) is 0.400. The molecule has 2 aliphatic heterocycles. The number of piperidine rings is 1. The van der Waals surface area contributed by atoms with Crippen LogP contribution in [0.4, 0.5) is 0 Å². The van der Waals surface area contributed by atoms with Crippen molar-refractivity contribution in [3.8, 4) is 5.75 Å². The molecule has 0 bridgehead atoms. The third-order valence-electron chi connectivity index (χ3n) is 3.66. The predicted octanol–water partition coefficient (Wildman–Crippen LogP) is 1.45. The van der Waals surface area contributed by atoms with Crippen molar-refractivity contribution >= 4 is 12.0 Å². The Labute approximate surface area is 112 Å². The van der Waals surface area contributed by atoms with Crippen LogP contribution in [-0.4, -0.2) is 41.7 Å². The topological polar surface area (TPSA) is 49.8 Å². The summed E-state index contributed by atoms with van der Waals surface area (Å²) in [5.41, 5.74) is 1.64. The molecule has 0 spiro atoms. The predicted molar refractivity (Wildman–Crippen MR) is 71.7 cm³/mol. The molecule has 0 aliphatic carbocycles. The highest BCUT2D eigenvalue weighted by Gasteiger charge is 2.25. The second-order valence-electron chi connectivity index (χ2n) is 5.02. The molecule has 0 aromatic heterocycles. The number of aliphatic hydroxyl groups is 1. The van der Waals surface area contributed by atoms with Gasteiger partial charge in [-0.1, -0.05) is 18.2 Å². The lowest BCUT2D eigenvalue weighted by Gasteiger charge is -2.31. The van der Waals surface area contributed by atoms with Crippen molar-refractivity contribution in [2.45, 2.75) is 18.9 Å². The zero-order valence-electron chi connectivity index (χ0n) is 10.7. The maximum absolute atomic E-state index is 12.4. The summed E-state index contributed by atoms with van der Waals surface area (Å²) in [4.78, 5) is 14.2. The Morgan fingerprint density at radius 1 is 1.26 bits per heavy atom. The van der Waals surface area contributed by atoms with E-state index in [0.29, 0.717) is 38.1 Å². The molecule has 1 saturated heterocycles. The minimum Gasteiger partial charge on any atom is -0.488 e. The van der Waals surface area contributed by atoms with Crippen LogP contribution in [0.5, 0.6) is 5.75 Å². The average Bonchev–Trinajstić information content (AvgIpc) is 2.47. The lowest BCUT2D eigenvalue weighted by Crippen LogP contribution is -2.41. The molecular formula is C15H17NO3. The number of ether oxygens (including phenoxy) is 1. The Balaban J connectivity index is 1.76. The van der Waals surface area contributed by atoms with Crippen LogP contribution in [0.1, 0.15) is 18.4 Å². The van der Waals surface area contributed by atoms with Crippen LogP contribution in [0.25, 0.3) is 6.08 Å². The second-order valence-corrected chi connectivity index (χ2v) is 5.02. The molecule has 1 N–H and O–H groups in total. The lowest BCUT2D eigenvalue weighted by molar-refractivity contribution is -0.129. The molecule has 19 heavy (non-hydrogen) atoms. The maximum atomic E-state index is 12.4. The first-order chi connectivity index (χ1) is 9.24. The number of benzene rings is 1. The lowest BCUT2D eigenvalue weighted by atomic mass is 10.0. The van der Waals surface area contributed by atoms with Gasteiger partial charge in [-0.25, -0.2) is 0 Å². The average molecular weight is 259 g/mol. The van der Waals surface area contributed by atoms with Crippen LogP contribution in [0.15, 0.2) is 29.8 Å². The highest BCUT2D eigenvalue weighted by atomic mass is 16.5. The molecular weight excluding hydrogens is 242 g/mol. The monoisotopic (exact) mass is 259 g/mol. The van der Waals surface area contributed by atoms with Gasteiger partial charge in [0.15, 0.2) is 0 Å². The van der Waals surface area contributed by atoms with E-state index in [1.807, 2.05) is 30.3 Å². The van der Waals surface area contributed by atoms with Gasteiger partial charge in [0.05, 0.1) is 11.7 Å². The van der Waals surface area contributed by atoms with Crippen molar-refractivity contribution in [2.75, 3.05) is 19.7 Å². The number of nitrogens with zero attached hydrogens (tertiary/aromatic N) is 1. The van der Waals surface area contributed by atoms with Crippen molar-refractivity contribution in [3.63, 3.8) is 0 Å². The summed E-state index contributed by atoms with van der Waals surface area (Å²) in [7, 11) is 0. The third-order valence-corrected chi connectivity index (χ3v) is 3.66. The number of fused-ring (bicyclic) bond motifs is 1. The quantitative estimate of drug-likeness (QED) is 0.830. The van der Waals surface area contributed by atoms with Crippen LogP contribution in [0.3, 0.4) is 0 Å². The van der Waals surface area contributed by atoms with E-state index in [-0.39, 0.29) is 12.0 Å². The summed E-state index contributed by atoms with van der Waals surface area (Å²) in [6.07, 6.45) is 2.97. The molecule has 0 radical (unpaired) electrons. The Hall–Kier alpha value is -1.81. The van der Waals surface area contributed by atoms with Gasteiger partial charge in [-0.3, -0.25) is 4.79 Å². The molecule has 1 aromatic carbocycles.